The van der Waals surface area contributed by atoms with Crippen LogP contribution in [0, 0.1) is 16.0 Å². The van der Waals surface area contributed by atoms with E-state index in [2.05, 4.69) is 29.0 Å². The van der Waals surface area contributed by atoms with E-state index in [9.17, 15) is 10.1 Å². The third-order valence-corrected chi connectivity index (χ3v) is 4.44. The molecule has 1 saturated heterocycles. The number of nitrogens with zero attached hydrogens (tertiary/aromatic N) is 4. The lowest BCUT2D eigenvalue weighted by molar-refractivity contribution is -0.384. The molecule has 0 radical (unpaired) electrons. The van der Waals surface area contributed by atoms with E-state index in [1.807, 2.05) is 0 Å². The number of hydrogen-bond donors (Lipinski definition) is 1. The zero-order chi connectivity index (χ0) is 19.6. The van der Waals surface area contributed by atoms with Crippen LogP contribution in [0.15, 0.2) is 29.3 Å². The van der Waals surface area contributed by atoms with Gasteiger partial charge < -0.3 is 15.0 Å². The number of guanidine groups is 1. The lowest BCUT2D eigenvalue weighted by Gasteiger charge is -2.37. The van der Waals surface area contributed by atoms with Gasteiger partial charge >= 0.3 is 0 Å². The van der Waals surface area contributed by atoms with E-state index in [-0.39, 0.29) is 10.6 Å². The fourth-order valence-corrected chi connectivity index (χ4v) is 3.08. The summed E-state index contributed by atoms with van der Waals surface area (Å²) >= 11 is 0. The van der Waals surface area contributed by atoms with Gasteiger partial charge in [0.15, 0.2) is 5.96 Å². The van der Waals surface area contributed by atoms with Crippen LogP contribution in [-0.2, 0) is 11.3 Å². The van der Waals surface area contributed by atoms with Crippen LogP contribution >= 0.6 is 0 Å². The molecule has 0 aliphatic carbocycles. The summed E-state index contributed by atoms with van der Waals surface area (Å²) in [5.41, 5.74) is 1.05. The molecule has 1 aliphatic heterocycles. The Hall–Kier alpha value is -2.19. The molecule has 1 aliphatic rings. The van der Waals surface area contributed by atoms with Crippen molar-refractivity contribution in [2.24, 2.45) is 10.9 Å². The molecular formula is C19H31N5O3. The van der Waals surface area contributed by atoms with Gasteiger partial charge in [-0.25, -0.2) is 4.99 Å². The van der Waals surface area contributed by atoms with Crippen molar-refractivity contribution in [2.75, 3.05) is 53.0 Å². The molecule has 0 saturated carbocycles. The third kappa shape index (κ3) is 7.15. The van der Waals surface area contributed by atoms with Gasteiger partial charge in [0.05, 0.1) is 18.1 Å². The van der Waals surface area contributed by atoms with Gasteiger partial charge in [0, 0.05) is 58.5 Å². The van der Waals surface area contributed by atoms with Crippen molar-refractivity contribution in [1.29, 1.82) is 0 Å². The predicted octanol–water partition coefficient (Wildman–Crippen LogP) is 1.96. The molecule has 0 aromatic heterocycles. The van der Waals surface area contributed by atoms with E-state index >= 15 is 0 Å². The average molecular weight is 377 g/mol. The highest BCUT2D eigenvalue weighted by molar-refractivity contribution is 5.80. The number of ether oxygens (including phenoxy) is 1. The number of nitro groups is 1. The van der Waals surface area contributed by atoms with Crippen molar-refractivity contribution in [3.05, 3.63) is 39.9 Å². The maximum absolute atomic E-state index is 10.8. The topological polar surface area (TPSA) is 83.2 Å². The highest BCUT2D eigenvalue weighted by Crippen LogP contribution is 2.13. The molecule has 27 heavy (non-hydrogen) atoms. The standard InChI is InChI=1S/C19H31N5O3/c1-16(2)15-22-9-11-23(12-10-22)19(20-8-13-27-3)21-14-17-4-6-18(7-5-17)24(25)26/h4-7,16H,8-15H2,1-3H3,(H,20,21). The molecule has 1 fully saturated rings. The maximum atomic E-state index is 10.8. The van der Waals surface area contributed by atoms with E-state index in [1.54, 1.807) is 19.2 Å². The van der Waals surface area contributed by atoms with Gasteiger partial charge in [-0.05, 0) is 11.5 Å². The zero-order valence-electron chi connectivity index (χ0n) is 16.6. The van der Waals surface area contributed by atoms with Crippen molar-refractivity contribution in [2.45, 2.75) is 20.4 Å². The van der Waals surface area contributed by atoms with Crippen molar-refractivity contribution in [3.8, 4) is 0 Å². The van der Waals surface area contributed by atoms with Crippen LogP contribution in [0.25, 0.3) is 0 Å². The molecule has 1 N–H and O–H groups in total. The maximum Gasteiger partial charge on any atom is 0.269 e. The summed E-state index contributed by atoms with van der Waals surface area (Å²) in [6, 6.07) is 6.56. The van der Waals surface area contributed by atoms with E-state index < -0.39 is 0 Å². The molecular weight excluding hydrogens is 346 g/mol. The number of piperazine rings is 1. The van der Waals surface area contributed by atoms with Crippen LogP contribution in [0.1, 0.15) is 19.4 Å². The summed E-state index contributed by atoms with van der Waals surface area (Å²) in [6.45, 7) is 11.3. The number of rotatable bonds is 8. The second-order valence-corrected chi connectivity index (χ2v) is 7.16. The molecule has 1 aromatic carbocycles. The minimum atomic E-state index is -0.387. The van der Waals surface area contributed by atoms with Crippen LogP contribution in [0.4, 0.5) is 5.69 Å². The Labute approximate surface area is 161 Å². The van der Waals surface area contributed by atoms with Crippen LogP contribution in [-0.4, -0.2) is 73.7 Å². The van der Waals surface area contributed by atoms with Crippen molar-refractivity contribution >= 4 is 11.6 Å². The van der Waals surface area contributed by atoms with Crippen LogP contribution < -0.4 is 5.32 Å². The number of nitrogens with one attached hydrogen (secondary N) is 1. The van der Waals surface area contributed by atoms with Crippen LogP contribution in [0.3, 0.4) is 0 Å². The highest BCUT2D eigenvalue weighted by Gasteiger charge is 2.20. The first-order valence-electron chi connectivity index (χ1n) is 9.47. The molecule has 2 rings (SSSR count). The lowest BCUT2D eigenvalue weighted by atomic mass is 10.2. The van der Waals surface area contributed by atoms with E-state index in [0.717, 1.165) is 44.2 Å². The molecule has 0 bridgehead atoms. The van der Waals surface area contributed by atoms with Crippen molar-refractivity contribution < 1.29 is 9.66 Å². The number of hydrogen-bond acceptors (Lipinski definition) is 5. The van der Waals surface area contributed by atoms with Crippen LogP contribution in [0.2, 0.25) is 0 Å². The minimum Gasteiger partial charge on any atom is -0.383 e. The average Bonchev–Trinajstić information content (AvgIpc) is 2.65. The second kappa shape index (κ2) is 10.8. The largest absolute Gasteiger partial charge is 0.383 e. The first kappa shape index (κ1) is 21.1. The number of methoxy groups -OCH3 is 1. The first-order chi connectivity index (χ1) is 13.0. The van der Waals surface area contributed by atoms with Gasteiger partial charge in [-0.1, -0.05) is 26.0 Å². The summed E-state index contributed by atoms with van der Waals surface area (Å²) in [4.78, 5) is 19.9. The number of nitro benzene ring substituents is 1. The lowest BCUT2D eigenvalue weighted by Crippen LogP contribution is -2.53. The quantitative estimate of drug-likeness (QED) is 0.245. The predicted molar refractivity (Wildman–Crippen MR) is 107 cm³/mol. The summed E-state index contributed by atoms with van der Waals surface area (Å²) < 4.78 is 5.13. The second-order valence-electron chi connectivity index (χ2n) is 7.16. The van der Waals surface area contributed by atoms with E-state index in [4.69, 9.17) is 9.73 Å². The number of aliphatic imine (C=N–C) groups is 1. The molecule has 0 atom stereocenters. The van der Waals surface area contributed by atoms with Crippen molar-refractivity contribution in [1.82, 2.24) is 15.1 Å². The fourth-order valence-electron chi connectivity index (χ4n) is 3.08. The van der Waals surface area contributed by atoms with Crippen molar-refractivity contribution in [3.63, 3.8) is 0 Å². The summed E-state index contributed by atoms with van der Waals surface area (Å²) in [6.07, 6.45) is 0. The molecule has 0 spiro atoms. The Morgan fingerprint density at radius 3 is 2.48 bits per heavy atom. The monoisotopic (exact) mass is 377 g/mol. The van der Waals surface area contributed by atoms with E-state index in [1.165, 1.54) is 12.1 Å². The van der Waals surface area contributed by atoms with Gasteiger partial charge in [0.1, 0.15) is 0 Å². The summed E-state index contributed by atoms with van der Waals surface area (Å²) in [7, 11) is 1.68. The van der Waals surface area contributed by atoms with Gasteiger partial charge in [-0.2, -0.15) is 0 Å². The third-order valence-electron chi connectivity index (χ3n) is 4.44. The summed E-state index contributed by atoms with van der Waals surface area (Å²) in [5.74, 6) is 1.54. The Morgan fingerprint density at radius 1 is 1.26 bits per heavy atom. The smallest absolute Gasteiger partial charge is 0.269 e. The fraction of sp³-hybridized carbons (Fsp3) is 0.632. The molecule has 1 heterocycles. The molecule has 0 amide bonds. The number of benzene rings is 1. The Kier molecular flexibility index (Phi) is 8.47. The minimum absolute atomic E-state index is 0.0995. The van der Waals surface area contributed by atoms with Gasteiger partial charge in [0.2, 0.25) is 0 Å². The molecule has 8 heteroatoms. The zero-order valence-corrected chi connectivity index (χ0v) is 16.6. The molecule has 1 aromatic rings. The van der Waals surface area contributed by atoms with Gasteiger partial charge in [-0.3, -0.25) is 15.0 Å². The summed E-state index contributed by atoms with van der Waals surface area (Å²) in [5, 5.41) is 14.1. The first-order valence-corrected chi connectivity index (χ1v) is 9.47. The molecule has 150 valence electrons. The molecule has 0 unspecified atom stereocenters. The SMILES string of the molecule is COCCNC(=NCc1ccc([N+](=O)[O-])cc1)N1CCN(CC(C)C)CC1. The highest BCUT2D eigenvalue weighted by atomic mass is 16.6. The Bertz CT molecular complexity index is 610. The van der Waals surface area contributed by atoms with Crippen LogP contribution in [0.5, 0.6) is 0 Å². The van der Waals surface area contributed by atoms with Gasteiger partial charge in [0.25, 0.3) is 5.69 Å². The molecule has 8 nitrogen and oxygen atoms in total. The normalized spacial score (nSPS) is 16.0. The van der Waals surface area contributed by atoms with Gasteiger partial charge in [-0.15, -0.1) is 0 Å². The van der Waals surface area contributed by atoms with E-state index in [0.29, 0.717) is 25.6 Å². The Balaban J connectivity index is 1.98. The Morgan fingerprint density at radius 2 is 1.93 bits per heavy atom. The number of non-ortho nitro benzene ring substituents is 1.